The number of methoxy groups -OCH3 is 2. The van der Waals surface area contributed by atoms with Gasteiger partial charge in [0.25, 0.3) is 0 Å². The van der Waals surface area contributed by atoms with Gasteiger partial charge in [0.2, 0.25) is 5.95 Å². The monoisotopic (exact) mass is 903 g/mol. The van der Waals surface area contributed by atoms with Crippen LogP contribution in [0.15, 0.2) is 36.8 Å². The van der Waals surface area contributed by atoms with E-state index in [2.05, 4.69) is 41.5 Å². The SMILES string of the molecule is COCc1cn2c(Nc3cc([C@H]4C[C@@H](F)[C@@H](OC(=O)NC(C)C)C4)[nH]n3)nc(C[n+]3[nH]c([C@H]4OC[C@@H](OC(=O)NC5(C)CC5)[C@@H]4F)cc3Nc3ncc(C)c4nc(COC)cn34)cc2n1. The lowest BCUT2D eigenvalue weighted by molar-refractivity contribution is -0.730. The standard InChI is InChI=1S/C42H52F2N14O7/c1-21(2)46-40(59)64-30-10-23(9-27(30)43)28-12-32(54-53-28)50-39-49-24(11-33-47-25(18-61-5)15-56(33)39)17-58-34(51-38-45-14-22(3)37-48-26(19-62-6)16-57(37)38)13-29(55-58)36-35(44)31(20-63-36)65-41(60)52-42(4)7-8-42/h11-16,21,23,27,30-31,35-36H,7-10,17-20H2,1-6H3,(H5,45,46,47,48,49,50,51,52,53,54,55,59,60)/p+1/t23-,27+,30-,31+,35-,36+/m0/s1. The fourth-order valence-corrected chi connectivity index (χ4v) is 8.17. The van der Waals surface area contributed by atoms with Crippen molar-refractivity contribution in [2.24, 2.45) is 0 Å². The number of aromatic nitrogens is 10. The molecule has 0 aromatic carbocycles. The first-order valence-electron chi connectivity index (χ1n) is 21.5. The molecule has 9 rings (SSSR count). The lowest BCUT2D eigenvalue weighted by atomic mass is 10.0. The molecular formula is C42H53F2N14O7+. The summed E-state index contributed by atoms with van der Waals surface area (Å²) in [5, 5.41) is 22.9. The summed E-state index contributed by atoms with van der Waals surface area (Å²) in [6.45, 7) is 7.93. The van der Waals surface area contributed by atoms with E-state index in [1.54, 1.807) is 61.7 Å². The van der Waals surface area contributed by atoms with Gasteiger partial charge in [0.15, 0.2) is 24.6 Å². The molecule has 1 saturated heterocycles. The average molecular weight is 904 g/mol. The van der Waals surface area contributed by atoms with E-state index >= 15 is 8.78 Å². The van der Waals surface area contributed by atoms with Crippen molar-refractivity contribution in [3.63, 3.8) is 0 Å². The smallest absolute Gasteiger partial charge is 0.408 e. The van der Waals surface area contributed by atoms with E-state index in [0.29, 0.717) is 69.9 Å². The number of aryl methyl sites for hydroxylation is 1. The molecule has 23 heteroatoms. The summed E-state index contributed by atoms with van der Waals surface area (Å²) < 4.78 is 64.1. The number of hydrogen-bond acceptors (Lipinski definition) is 14. The van der Waals surface area contributed by atoms with Crippen molar-refractivity contribution in [3.8, 4) is 0 Å². The number of alkyl carbamates (subject to hydrolysis) is 2. The van der Waals surface area contributed by atoms with Crippen LogP contribution in [0, 0.1) is 6.92 Å². The first-order valence-corrected chi connectivity index (χ1v) is 21.5. The van der Waals surface area contributed by atoms with Crippen LogP contribution < -0.4 is 25.9 Å². The molecule has 2 saturated carbocycles. The predicted molar refractivity (Wildman–Crippen MR) is 227 cm³/mol. The molecule has 21 nitrogen and oxygen atoms in total. The second kappa shape index (κ2) is 17.8. The number of amides is 2. The molecule has 2 amide bonds. The Hall–Kier alpha value is -6.46. The van der Waals surface area contributed by atoms with E-state index in [1.807, 2.05) is 30.5 Å². The summed E-state index contributed by atoms with van der Waals surface area (Å²) in [5.74, 6) is 1.40. The first kappa shape index (κ1) is 43.8. The van der Waals surface area contributed by atoms with E-state index < -0.39 is 42.8 Å². The number of hydrogen-bond donors (Lipinski definition) is 6. The van der Waals surface area contributed by atoms with E-state index in [4.69, 9.17) is 38.6 Å². The lowest BCUT2D eigenvalue weighted by Crippen LogP contribution is -2.40. The van der Waals surface area contributed by atoms with Crippen molar-refractivity contribution in [1.29, 1.82) is 0 Å². The second-order valence-corrected chi connectivity index (χ2v) is 17.5. The number of anilines is 4. The Morgan fingerprint density at radius 1 is 0.938 bits per heavy atom. The van der Waals surface area contributed by atoms with Gasteiger partial charge in [-0.1, -0.05) is 0 Å². The maximum atomic E-state index is 16.2. The van der Waals surface area contributed by atoms with E-state index in [-0.39, 0.29) is 50.1 Å². The zero-order valence-corrected chi connectivity index (χ0v) is 36.9. The molecule has 6 aromatic heterocycles. The van der Waals surface area contributed by atoms with Crippen LogP contribution in [0.2, 0.25) is 0 Å². The quantitative estimate of drug-likeness (QED) is 0.0700. The van der Waals surface area contributed by atoms with Crippen LogP contribution in [0.3, 0.4) is 0 Å². The van der Waals surface area contributed by atoms with Crippen molar-refractivity contribution in [3.05, 3.63) is 70.8 Å². The van der Waals surface area contributed by atoms with Gasteiger partial charge in [0.1, 0.15) is 29.7 Å². The van der Waals surface area contributed by atoms with Crippen molar-refractivity contribution in [1.82, 2.24) is 54.7 Å². The number of imidazole rings is 2. The third-order valence-corrected chi connectivity index (χ3v) is 11.7. The van der Waals surface area contributed by atoms with Crippen LogP contribution in [0.4, 0.5) is 41.9 Å². The first-order chi connectivity index (χ1) is 31.2. The average Bonchev–Trinajstić information content (AvgIpc) is 3.95. The highest BCUT2D eigenvalue weighted by atomic mass is 19.1. The van der Waals surface area contributed by atoms with Gasteiger partial charge >= 0.3 is 24.0 Å². The van der Waals surface area contributed by atoms with Crippen molar-refractivity contribution in [2.45, 2.75) is 121 Å². The maximum absolute atomic E-state index is 16.2. The molecule has 346 valence electrons. The fourth-order valence-electron chi connectivity index (χ4n) is 8.17. The highest BCUT2D eigenvalue weighted by Gasteiger charge is 2.45. The van der Waals surface area contributed by atoms with Crippen LogP contribution in [0.5, 0.6) is 0 Å². The van der Waals surface area contributed by atoms with E-state index in [9.17, 15) is 9.59 Å². The van der Waals surface area contributed by atoms with Gasteiger partial charge in [-0.2, -0.15) is 9.78 Å². The molecule has 6 atom stereocenters. The van der Waals surface area contributed by atoms with Gasteiger partial charge in [-0.05, 0) is 53.4 Å². The van der Waals surface area contributed by atoms with Gasteiger partial charge in [-0.3, -0.25) is 9.50 Å². The third kappa shape index (κ3) is 9.52. The van der Waals surface area contributed by atoms with Crippen molar-refractivity contribution in [2.75, 3.05) is 31.5 Å². The Morgan fingerprint density at radius 2 is 1.69 bits per heavy atom. The lowest BCUT2D eigenvalue weighted by Gasteiger charge is -2.17. The minimum atomic E-state index is -1.68. The Labute approximate surface area is 371 Å². The summed E-state index contributed by atoms with van der Waals surface area (Å²) in [7, 11) is 3.18. The topological polar surface area (TPSA) is 237 Å². The predicted octanol–water partition coefficient (Wildman–Crippen LogP) is 5.02. The van der Waals surface area contributed by atoms with Crippen molar-refractivity contribution < 1.29 is 46.7 Å². The van der Waals surface area contributed by atoms with Gasteiger partial charge in [-0.25, -0.2) is 53.1 Å². The zero-order valence-electron chi connectivity index (χ0n) is 36.9. The molecule has 2 aliphatic carbocycles. The number of H-pyrrole nitrogens is 2. The largest absolute Gasteiger partial charge is 0.443 e. The Kier molecular flexibility index (Phi) is 12.0. The minimum Gasteiger partial charge on any atom is -0.443 e. The van der Waals surface area contributed by atoms with Crippen LogP contribution in [0.25, 0.3) is 11.3 Å². The van der Waals surface area contributed by atoms with Crippen LogP contribution in [0.1, 0.15) is 92.5 Å². The third-order valence-electron chi connectivity index (χ3n) is 11.7. The molecule has 0 unspecified atom stereocenters. The number of fused-ring (bicyclic) bond motifs is 2. The fraction of sp³-hybridized carbons (Fsp3) is 0.524. The summed E-state index contributed by atoms with van der Waals surface area (Å²) in [4.78, 5) is 44.0. The van der Waals surface area contributed by atoms with E-state index in [1.165, 1.54) is 0 Å². The number of carbonyl (C=O) groups is 2. The number of halogens is 2. The number of ether oxygens (including phenoxy) is 5. The normalized spacial score (nSPS) is 22.5. The van der Waals surface area contributed by atoms with Crippen LogP contribution >= 0.6 is 0 Å². The summed E-state index contributed by atoms with van der Waals surface area (Å²) in [6.07, 6.45) is -0.0286. The molecule has 6 aromatic rings. The molecule has 3 aliphatic rings. The van der Waals surface area contributed by atoms with Crippen molar-refractivity contribution >= 4 is 47.0 Å². The summed E-state index contributed by atoms with van der Waals surface area (Å²) in [5.41, 5.74) is 4.66. The summed E-state index contributed by atoms with van der Waals surface area (Å²) in [6, 6.07) is 5.17. The molecule has 6 N–H and O–H groups in total. The molecule has 1 aliphatic heterocycles. The minimum absolute atomic E-state index is 0.107. The Morgan fingerprint density at radius 3 is 2.45 bits per heavy atom. The number of rotatable bonds is 16. The molecular weight excluding hydrogens is 851 g/mol. The number of carbonyl (C=O) groups excluding carboxylic acids is 2. The number of aromatic amines is 2. The number of nitrogens with zero attached hydrogens (tertiary/aromatic N) is 8. The van der Waals surface area contributed by atoms with Gasteiger partial charge < -0.3 is 39.6 Å². The van der Waals surface area contributed by atoms with Gasteiger partial charge in [0, 0.05) is 73.7 Å². The van der Waals surface area contributed by atoms with Crippen LogP contribution in [-0.4, -0.2) is 113 Å². The zero-order chi connectivity index (χ0) is 45.6. The molecule has 0 bridgehead atoms. The maximum Gasteiger partial charge on any atom is 0.408 e. The Balaban J connectivity index is 1.01. The van der Waals surface area contributed by atoms with Gasteiger partial charge in [-0.15, -0.1) is 0 Å². The number of nitrogens with one attached hydrogen (secondary N) is 6. The Bertz CT molecular complexity index is 2700. The molecule has 3 fully saturated rings. The van der Waals surface area contributed by atoms with Gasteiger partial charge in [0.05, 0.1) is 48.7 Å². The second-order valence-electron chi connectivity index (χ2n) is 17.5. The molecule has 0 spiro atoms. The molecule has 65 heavy (non-hydrogen) atoms. The molecule has 7 heterocycles. The summed E-state index contributed by atoms with van der Waals surface area (Å²) >= 11 is 0. The van der Waals surface area contributed by atoms with Crippen LogP contribution in [-0.2, 0) is 43.4 Å². The highest BCUT2D eigenvalue weighted by Crippen LogP contribution is 2.39. The number of alkyl halides is 2. The van der Waals surface area contributed by atoms with E-state index in [0.717, 1.165) is 18.4 Å². The molecule has 0 radical (unpaired) electrons. The highest BCUT2D eigenvalue weighted by molar-refractivity contribution is 5.69.